The standard InChI is InChI=1S/C27H33N3O2S/c1-6-30-23-13-12-20(16-22(23)19(2)18-27(30,3)4)17-24-25(31)29(14-15-32-5)26(33-24)28-21-10-8-7-9-11-21/h7-13,16-17,19H,6,14-15,18H2,1-5H3/b24-17-,28-26?/t19-/m1/s1. The summed E-state index contributed by atoms with van der Waals surface area (Å²) in [6.07, 6.45) is 3.11. The van der Waals surface area contributed by atoms with Crippen LogP contribution in [0.1, 0.15) is 51.2 Å². The van der Waals surface area contributed by atoms with E-state index in [-0.39, 0.29) is 11.4 Å². The maximum absolute atomic E-state index is 13.2. The van der Waals surface area contributed by atoms with Gasteiger partial charge in [0.05, 0.1) is 23.7 Å². The zero-order chi connectivity index (χ0) is 23.6. The molecule has 0 spiro atoms. The molecular formula is C27H33N3O2S. The van der Waals surface area contributed by atoms with Crippen molar-refractivity contribution in [3.05, 3.63) is 64.6 Å². The van der Waals surface area contributed by atoms with Gasteiger partial charge in [-0.2, -0.15) is 0 Å². The first-order chi connectivity index (χ1) is 15.8. The molecule has 0 N–H and O–H groups in total. The van der Waals surface area contributed by atoms with Crippen LogP contribution in [0.15, 0.2) is 58.4 Å². The number of thioether (sulfide) groups is 1. The number of hydrogen-bond acceptors (Lipinski definition) is 5. The summed E-state index contributed by atoms with van der Waals surface area (Å²) in [4.78, 5) is 22.9. The Hall–Kier alpha value is -2.57. The number of amides is 1. The van der Waals surface area contributed by atoms with E-state index in [1.54, 1.807) is 12.0 Å². The second kappa shape index (κ2) is 9.74. The normalized spacial score (nSPS) is 22.3. The minimum absolute atomic E-state index is 0.0196. The molecule has 0 unspecified atom stereocenters. The molecule has 2 aliphatic rings. The van der Waals surface area contributed by atoms with Gasteiger partial charge in [0.25, 0.3) is 5.91 Å². The Labute approximate surface area is 201 Å². The van der Waals surface area contributed by atoms with Crippen molar-refractivity contribution in [1.82, 2.24) is 4.90 Å². The molecular weight excluding hydrogens is 430 g/mol. The third kappa shape index (κ3) is 4.87. The molecule has 0 aromatic heterocycles. The second-order valence-electron chi connectivity index (χ2n) is 9.27. The van der Waals surface area contributed by atoms with Gasteiger partial charge >= 0.3 is 0 Å². The lowest BCUT2D eigenvalue weighted by Crippen LogP contribution is -2.48. The summed E-state index contributed by atoms with van der Waals surface area (Å²) in [5.41, 5.74) is 4.70. The van der Waals surface area contributed by atoms with Crippen LogP contribution >= 0.6 is 11.8 Å². The zero-order valence-electron chi connectivity index (χ0n) is 20.2. The average molecular weight is 464 g/mol. The van der Waals surface area contributed by atoms with Crippen LogP contribution in [0.2, 0.25) is 0 Å². The van der Waals surface area contributed by atoms with Crippen LogP contribution < -0.4 is 4.90 Å². The van der Waals surface area contributed by atoms with Gasteiger partial charge in [-0.25, -0.2) is 4.99 Å². The van der Waals surface area contributed by atoms with E-state index >= 15 is 0 Å². The van der Waals surface area contributed by atoms with Crippen molar-refractivity contribution < 1.29 is 9.53 Å². The van der Waals surface area contributed by atoms with Gasteiger partial charge in [0.1, 0.15) is 0 Å². The van der Waals surface area contributed by atoms with Crippen LogP contribution in [0.3, 0.4) is 0 Å². The van der Waals surface area contributed by atoms with Gasteiger partial charge in [0.15, 0.2) is 5.17 Å². The molecule has 0 bridgehead atoms. The fraction of sp³-hybridized carbons (Fsp3) is 0.407. The Morgan fingerprint density at radius 3 is 2.67 bits per heavy atom. The van der Waals surface area contributed by atoms with E-state index in [2.05, 4.69) is 50.8 Å². The lowest BCUT2D eigenvalue weighted by atomic mass is 9.79. The first-order valence-electron chi connectivity index (χ1n) is 11.6. The SMILES string of the molecule is CCN1c2ccc(/C=C3\SC(=Nc4ccccc4)N(CCOC)C3=O)cc2[C@H](C)CC1(C)C. The molecule has 174 valence electrons. The van der Waals surface area contributed by atoms with Crippen molar-refractivity contribution in [2.24, 2.45) is 4.99 Å². The van der Waals surface area contributed by atoms with Crippen LogP contribution in [0.4, 0.5) is 11.4 Å². The van der Waals surface area contributed by atoms with Crippen LogP contribution in [0.25, 0.3) is 6.08 Å². The molecule has 1 fully saturated rings. The van der Waals surface area contributed by atoms with Gasteiger partial charge in [0.2, 0.25) is 0 Å². The number of carbonyl (C=O) groups excluding carboxylic acids is 1. The maximum Gasteiger partial charge on any atom is 0.266 e. The third-order valence-corrected chi connectivity index (χ3v) is 7.42. The van der Waals surface area contributed by atoms with E-state index in [1.807, 2.05) is 36.4 Å². The van der Waals surface area contributed by atoms with E-state index in [1.165, 1.54) is 23.0 Å². The highest BCUT2D eigenvalue weighted by atomic mass is 32.2. The second-order valence-corrected chi connectivity index (χ2v) is 10.3. The highest BCUT2D eigenvalue weighted by Crippen LogP contribution is 2.44. The number of fused-ring (bicyclic) bond motifs is 1. The Kier molecular flexibility index (Phi) is 6.96. The monoisotopic (exact) mass is 463 g/mol. The molecule has 2 aliphatic heterocycles. The predicted molar refractivity (Wildman–Crippen MR) is 139 cm³/mol. The van der Waals surface area contributed by atoms with Crippen LogP contribution in [0.5, 0.6) is 0 Å². The van der Waals surface area contributed by atoms with E-state index in [4.69, 9.17) is 9.73 Å². The Bertz CT molecular complexity index is 1080. The lowest BCUT2D eigenvalue weighted by Gasteiger charge is -2.47. The molecule has 0 radical (unpaired) electrons. The quantitative estimate of drug-likeness (QED) is 0.489. The molecule has 0 aliphatic carbocycles. The summed E-state index contributed by atoms with van der Waals surface area (Å²) < 4.78 is 5.23. The Morgan fingerprint density at radius 2 is 1.97 bits per heavy atom. The first kappa shape index (κ1) is 23.6. The zero-order valence-corrected chi connectivity index (χ0v) is 21.0. The summed E-state index contributed by atoms with van der Waals surface area (Å²) in [6.45, 7) is 11.1. The highest BCUT2D eigenvalue weighted by molar-refractivity contribution is 8.18. The molecule has 5 nitrogen and oxygen atoms in total. The van der Waals surface area contributed by atoms with Gasteiger partial charge in [-0.15, -0.1) is 0 Å². The number of ether oxygens (including phenoxy) is 1. The first-order valence-corrected chi connectivity index (χ1v) is 12.4. The summed E-state index contributed by atoms with van der Waals surface area (Å²) in [5.74, 6) is 0.449. The molecule has 0 saturated carbocycles. The van der Waals surface area contributed by atoms with Crippen molar-refractivity contribution >= 4 is 40.3 Å². The van der Waals surface area contributed by atoms with Gasteiger partial charge < -0.3 is 9.64 Å². The van der Waals surface area contributed by atoms with E-state index < -0.39 is 0 Å². The summed E-state index contributed by atoms with van der Waals surface area (Å²) in [6, 6.07) is 16.3. The molecule has 1 amide bonds. The summed E-state index contributed by atoms with van der Waals surface area (Å²) in [5, 5.41) is 0.694. The van der Waals surface area contributed by atoms with Crippen LogP contribution in [-0.2, 0) is 9.53 Å². The van der Waals surface area contributed by atoms with Crippen LogP contribution in [-0.4, -0.2) is 48.3 Å². The van der Waals surface area contributed by atoms with Crippen molar-refractivity contribution in [2.75, 3.05) is 31.7 Å². The van der Waals surface area contributed by atoms with Gasteiger partial charge in [-0.3, -0.25) is 9.69 Å². The number of amidine groups is 1. The van der Waals surface area contributed by atoms with Gasteiger partial charge in [-0.05, 0) is 86.3 Å². The number of anilines is 1. The number of rotatable bonds is 6. The molecule has 1 atom stereocenters. The predicted octanol–water partition coefficient (Wildman–Crippen LogP) is 6.05. The van der Waals surface area contributed by atoms with E-state index in [0.717, 1.165) is 24.2 Å². The number of nitrogens with zero attached hydrogens (tertiary/aromatic N) is 3. The largest absolute Gasteiger partial charge is 0.383 e. The summed E-state index contributed by atoms with van der Waals surface area (Å²) in [7, 11) is 1.65. The number of para-hydroxylation sites is 1. The van der Waals surface area contributed by atoms with Crippen molar-refractivity contribution in [2.45, 2.75) is 45.6 Å². The fourth-order valence-electron chi connectivity index (χ4n) is 4.93. The number of hydrogen-bond donors (Lipinski definition) is 0. The highest BCUT2D eigenvalue weighted by Gasteiger charge is 2.36. The Morgan fingerprint density at radius 1 is 1.21 bits per heavy atom. The third-order valence-electron chi connectivity index (χ3n) is 6.41. The molecule has 6 heteroatoms. The average Bonchev–Trinajstić information content (AvgIpc) is 3.07. The minimum Gasteiger partial charge on any atom is -0.383 e. The molecule has 33 heavy (non-hydrogen) atoms. The fourth-order valence-corrected chi connectivity index (χ4v) is 5.96. The molecule has 2 aromatic carbocycles. The number of aliphatic imine (C=N–C) groups is 1. The van der Waals surface area contributed by atoms with E-state index in [9.17, 15) is 4.79 Å². The lowest BCUT2D eigenvalue weighted by molar-refractivity contribution is -0.122. The topological polar surface area (TPSA) is 45.1 Å². The molecule has 2 aromatic rings. The van der Waals surface area contributed by atoms with Crippen molar-refractivity contribution in [1.29, 1.82) is 0 Å². The molecule has 1 saturated heterocycles. The summed E-state index contributed by atoms with van der Waals surface area (Å²) >= 11 is 1.43. The number of carbonyl (C=O) groups is 1. The molecule has 2 heterocycles. The minimum atomic E-state index is -0.0196. The van der Waals surface area contributed by atoms with Crippen LogP contribution in [0, 0.1) is 0 Å². The van der Waals surface area contributed by atoms with Gasteiger partial charge in [-0.1, -0.05) is 31.2 Å². The Balaban J connectivity index is 1.67. The van der Waals surface area contributed by atoms with E-state index in [0.29, 0.717) is 29.1 Å². The number of benzene rings is 2. The number of methoxy groups -OCH3 is 1. The molecule has 4 rings (SSSR count). The van der Waals surface area contributed by atoms with Gasteiger partial charge in [0, 0.05) is 24.9 Å². The van der Waals surface area contributed by atoms with Crippen molar-refractivity contribution in [3.8, 4) is 0 Å². The maximum atomic E-state index is 13.2. The smallest absolute Gasteiger partial charge is 0.266 e. The van der Waals surface area contributed by atoms with Crippen molar-refractivity contribution in [3.63, 3.8) is 0 Å².